The third kappa shape index (κ3) is 6.84. The Morgan fingerprint density at radius 2 is 1.49 bits per heavy atom. The number of esters is 1. The van der Waals surface area contributed by atoms with Gasteiger partial charge in [0.1, 0.15) is 6.54 Å². The lowest BCUT2D eigenvalue weighted by molar-refractivity contribution is -0.141. The van der Waals surface area contributed by atoms with Crippen molar-refractivity contribution in [3.8, 4) is 0 Å². The van der Waals surface area contributed by atoms with Crippen molar-refractivity contribution < 1.29 is 22.7 Å². The zero-order chi connectivity index (χ0) is 29.6. The molecule has 4 aromatic carbocycles. The minimum atomic E-state index is -4.35. The topological polar surface area (TPSA) is 84.0 Å². The summed E-state index contributed by atoms with van der Waals surface area (Å²) in [5, 5.41) is 1.27. The number of hydrogen-bond donors (Lipinski definition) is 0. The van der Waals surface area contributed by atoms with Gasteiger partial charge in [-0.05, 0) is 61.2 Å². The van der Waals surface area contributed by atoms with Gasteiger partial charge in [0.2, 0.25) is 0 Å². The number of halogens is 2. The Hall–Kier alpha value is -3.59. The minimum absolute atomic E-state index is 0.132. The molecule has 41 heavy (non-hydrogen) atoms. The Labute approximate surface area is 250 Å². The highest BCUT2D eigenvalue weighted by molar-refractivity contribution is 7.93. The summed E-state index contributed by atoms with van der Waals surface area (Å²) in [4.78, 5) is 28.1. The first-order chi connectivity index (χ1) is 19.7. The van der Waals surface area contributed by atoms with E-state index in [1.165, 1.54) is 18.2 Å². The average molecular weight is 614 g/mol. The molecule has 0 radical (unpaired) electrons. The van der Waals surface area contributed by atoms with E-state index in [9.17, 15) is 18.0 Å². The summed E-state index contributed by atoms with van der Waals surface area (Å²) in [6.07, 6.45) is 1.46. The van der Waals surface area contributed by atoms with Gasteiger partial charge in [0.25, 0.3) is 15.9 Å². The maximum atomic E-state index is 14.0. The first-order valence-electron chi connectivity index (χ1n) is 13.2. The zero-order valence-electron chi connectivity index (χ0n) is 22.7. The molecule has 0 bridgehead atoms. The van der Waals surface area contributed by atoms with Crippen molar-refractivity contribution in [3.05, 3.63) is 101 Å². The fourth-order valence-corrected chi connectivity index (χ4v) is 6.65. The molecule has 0 aromatic heterocycles. The summed E-state index contributed by atoms with van der Waals surface area (Å²) in [7, 11) is -4.35. The molecule has 0 fully saturated rings. The van der Waals surface area contributed by atoms with Crippen LogP contribution in [0.4, 0.5) is 11.4 Å². The van der Waals surface area contributed by atoms with E-state index in [0.29, 0.717) is 29.3 Å². The van der Waals surface area contributed by atoms with Crippen molar-refractivity contribution in [2.45, 2.75) is 31.6 Å². The van der Waals surface area contributed by atoms with E-state index in [1.54, 1.807) is 41.3 Å². The van der Waals surface area contributed by atoms with Crippen LogP contribution in [0.3, 0.4) is 0 Å². The summed E-state index contributed by atoms with van der Waals surface area (Å²) in [6, 6.07) is 23.4. The standard InChI is InChI=1S/C31H30Cl2N2O5S/c1-3-5-17-40-30(36)21-35(41(38,39)25-19-22(32)18-23(33)20-25)29-16-10-13-26-27(29)14-9-15-28(26)31(37)34(4-2)24-11-7-6-8-12-24/h6-16,18-20H,3-5,17,21H2,1-2H3. The van der Waals surface area contributed by atoms with E-state index in [0.717, 1.165) is 16.4 Å². The van der Waals surface area contributed by atoms with Crippen LogP contribution in [-0.2, 0) is 19.6 Å². The van der Waals surface area contributed by atoms with Crippen molar-refractivity contribution >= 4 is 67.2 Å². The number of unbranched alkanes of at least 4 members (excludes halogenated alkanes) is 1. The van der Waals surface area contributed by atoms with Crippen LogP contribution in [-0.4, -0.2) is 40.0 Å². The molecule has 0 unspecified atom stereocenters. The van der Waals surface area contributed by atoms with Gasteiger partial charge >= 0.3 is 5.97 Å². The second-order valence-electron chi connectivity index (χ2n) is 9.25. The predicted octanol–water partition coefficient (Wildman–Crippen LogP) is 7.35. The molecule has 4 rings (SSSR count). The lowest BCUT2D eigenvalue weighted by Gasteiger charge is -2.26. The highest BCUT2D eigenvalue weighted by Crippen LogP contribution is 2.35. The number of benzene rings is 4. The van der Waals surface area contributed by atoms with Gasteiger partial charge in [-0.3, -0.25) is 13.9 Å². The molecule has 10 heteroatoms. The molecule has 0 heterocycles. The number of carbonyl (C=O) groups is 2. The number of fused-ring (bicyclic) bond motifs is 1. The number of anilines is 2. The number of hydrogen-bond acceptors (Lipinski definition) is 5. The molecule has 1 amide bonds. The quantitative estimate of drug-likeness (QED) is 0.131. The van der Waals surface area contributed by atoms with Crippen LogP contribution in [0.5, 0.6) is 0 Å². The molecule has 0 N–H and O–H groups in total. The minimum Gasteiger partial charge on any atom is -0.464 e. The highest BCUT2D eigenvalue weighted by atomic mass is 35.5. The number of rotatable bonds is 11. The van der Waals surface area contributed by atoms with Crippen LogP contribution in [0.1, 0.15) is 37.0 Å². The number of para-hydroxylation sites is 1. The molecule has 214 valence electrons. The molecule has 0 aliphatic rings. The first-order valence-corrected chi connectivity index (χ1v) is 15.4. The normalized spacial score (nSPS) is 11.3. The average Bonchev–Trinajstić information content (AvgIpc) is 2.96. The molecule has 0 aliphatic heterocycles. The molecule has 0 atom stereocenters. The summed E-state index contributed by atoms with van der Waals surface area (Å²) in [6.45, 7) is 3.86. The van der Waals surface area contributed by atoms with Gasteiger partial charge in [-0.15, -0.1) is 0 Å². The fourth-order valence-electron chi connectivity index (χ4n) is 4.49. The lowest BCUT2D eigenvalue weighted by atomic mass is 10.0. The van der Waals surface area contributed by atoms with Crippen LogP contribution in [0, 0.1) is 0 Å². The van der Waals surface area contributed by atoms with Crippen LogP contribution in [0.25, 0.3) is 10.8 Å². The predicted molar refractivity (Wildman–Crippen MR) is 165 cm³/mol. The van der Waals surface area contributed by atoms with Crippen molar-refractivity contribution in [1.82, 2.24) is 0 Å². The van der Waals surface area contributed by atoms with Crippen LogP contribution in [0.15, 0.2) is 89.8 Å². The van der Waals surface area contributed by atoms with Gasteiger partial charge in [-0.2, -0.15) is 0 Å². The van der Waals surface area contributed by atoms with Crippen molar-refractivity contribution in [3.63, 3.8) is 0 Å². The number of nitrogens with zero attached hydrogens (tertiary/aromatic N) is 2. The Morgan fingerprint density at radius 3 is 2.15 bits per heavy atom. The first kappa shape index (κ1) is 30.4. The zero-order valence-corrected chi connectivity index (χ0v) is 25.0. The van der Waals surface area contributed by atoms with E-state index < -0.39 is 22.5 Å². The maximum Gasteiger partial charge on any atom is 0.326 e. The largest absolute Gasteiger partial charge is 0.464 e. The Bertz CT molecular complexity index is 1640. The Kier molecular flexibility index (Phi) is 9.91. The van der Waals surface area contributed by atoms with E-state index in [1.807, 2.05) is 44.2 Å². The van der Waals surface area contributed by atoms with E-state index in [4.69, 9.17) is 27.9 Å². The number of sulfonamides is 1. The molecule has 0 spiro atoms. The highest BCUT2D eigenvalue weighted by Gasteiger charge is 2.30. The van der Waals surface area contributed by atoms with Gasteiger partial charge in [-0.1, -0.05) is 79.0 Å². The summed E-state index contributed by atoms with van der Waals surface area (Å²) < 4.78 is 34.4. The summed E-state index contributed by atoms with van der Waals surface area (Å²) in [5.41, 5.74) is 1.34. The summed E-state index contributed by atoms with van der Waals surface area (Å²) >= 11 is 12.3. The molecule has 0 aliphatic carbocycles. The summed E-state index contributed by atoms with van der Waals surface area (Å²) in [5.74, 6) is -0.947. The Morgan fingerprint density at radius 1 is 0.829 bits per heavy atom. The molecule has 7 nitrogen and oxygen atoms in total. The van der Waals surface area contributed by atoms with Crippen LogP contribution >= 0.6 is 23.2 Å². The smallest absolute Gasteiger partial charge is 0.326 e. The SMILES string of the molecule is CCCCOC(=O)CN(c1cccc2c(C(=O)N(CC)c3ccccc3)cccc12)S(=O)(=O)c1cc(Cl)cc(Cl)c1. The molecule has 0 saturated heterocycles. The number of amides is 1. The monoisotopic (exact) mass is 612 g/mol. The third-order valence-corrected chi connectivity index (χ3v) is 8.66. The van der Waals surface area contributed by atoms with Gasteiger partial charge in [0.15, 0.2) is 0 Å². The molecule has 0 saturated carbocycles. The lowest BCUT2D eigenvalue weighted by Crippen LogP contribution is -2.37. The van der Waals surface area contributed by atoms with Gasteiger partial charge < -0.3 is 9.64 Å². The van der Waals surface area contributed by atoms with E-state index >= 15 is 0 Å². The van der Waals surface area contributed by atoms with E-state index in [-0.39, 0.29) is 33.1 Å². The van der Waals surface area contributed by atoms with E-state index in [2.05, 4.69) is 0 Å². The Balaban J connectivity index is 1.85. The van der Waals surface area contributed by atoms with Crippen molar-refractivity contribution in [2.75, 3.05) is 28.9 Å². The molecular weight excluding hydrogens is 583 g/mol. The molecule has 4 aromatic rings. The van der Waals surface area contributed by atoms with Gasteiger partial charge in [-0.25, -0.2) is 8.42 Å². The van der Waals surface area contributed by atoms with Gasteiger partial charge in [0.05, 0.1) is 17.2 Å². The maximum absolute atomic E-state index is 14.0. The fraction of sp³-hybridized carbons (Fsp3) is 0.226. The van der Waals surface area contributed by atoms with Crippen molar-refractivity contribution in [1.29, 1.82) is 0 Å². The van der Waals surface area contributed by atoms with Crippen molar-refractivity contribution in [2.24, 2.45) is 0 Å². The number of ether oxygens (including phenoxy) is 1. The van der Waals surface area contributed by atoms with Gasteiger partial charge in [0, 0.05) is 33.2 Å². The number of carbonyl (C=O) groups excluding carboxylic acids is 2. The third-order valence-electron chi connectivity index (χ3n) is 6.49. The second-order valence-corrected chi connectivity index (χ2v) is 12.0. The molecular formula is C31H30Cl2N2O5S. The van der Waals surface area contributed by atoms with Crippen LogP contribution < -0.4 is 9.21 Å². The van der Waals surface area contributed by atoms with Crippen LogP contribution in [0.2, 0.25) is 10.0 Å². The second kappa shape index (κ2) is 13.4.